The van der Waals surface area contributed by atoms with E-state index in [1.165, 1.54) is 33.8 Å². The Morgan fingerprint density at radius 2 is 2.09 bits per heavy atom. The van der Waals surface area contributed by atoms with Crippen LogP contribution in [0.1, 0.15) is 18.4 Å². The Bertz CT molecular complexity index is 773. The molecule has 0 spiro atoms. The van der Waals surface area contributed by atoms with Gasteiger partial charge in [0, 0.05) is 13.1 Å². The van der Waals surface area contributed by atoms with Crippen LogP contribution in [0.15, 0.2) is 28.6 Å². The molecule has 9 heteroatoms. The SMILES string of the molecule is Cc1cc(F)ccc1S(=O)(=O)N1CCC(Oc2nncs2)CC1. The van der Waals surface area contributed by atoms with Crippen LogP contribution in [0.5, 0.6) is 5.19 Å². The number of ether oxygens (including phenoxy) is 1. The number of halogens is 1. The van der Waals surface area contributed by atoms with Gasteiger partial charge in [-0.25, -0.2) is 12.8 Å². The lowest BCUT2D eigenvalue weighted by Gasteiger charge is -2.31. The summed E-state index contributed by atoms with van der Waals surface area (Å²) in [5.74, 6) is -0.439. The zero-order valence-corrected chi connectivity index (χ0v) is 14.1. The molecule has 1 fully saturated rings. The Kier molecular flexibility index (Phi) is 4.60. The Morgan fingerprint density at radius 3 is 2.70 bits per heavy atom. The maximum absolute atomic E-state index is 13.2. The van der Waals surface area contributed by atoms with E-state index in [1.54, 1.807) is 12.4 Å². The molecule has 0 aliphatic carbocycles. The fourth-order valence-corrected chi connectivity index (χ4v) is 4.73. The third kappa shape index (κ3) is 3.51. The smallest absolute Gasteiger partial charge is 0.294 e. The standard InChI is InChI=1S/C14H16FN3O3S2/c1-10-8-11(15)2-3-13(10)23(19,20)18-6-4-12(5-7-18)21-14-17-16-9-22-14/h2-3,8-9,12H,4-7H2,1H3. The Hall–Kier alpha value is -1.58. The Balaban J connectivity index is 1.68. The first-order valence-electron chi connectivity index (χ1n) is 7.16. The topological polar surface area (TPSA) is 72.4 Å². The summed E-state index contributed by atoms with van der Waals surface area (Å²) in [6.45, 7) is 2.33. The highest BCUT2D eigenvalue weighted by atomic mass is 32.2. The minimum Gasteiger partial charge on any atom is -0.466 e. The second-order valence-electron chi connectivity index (χ2n) is 5.34. The minimum atomic E-state index is -3.61. The van der Waals surface area contributed by atoms with Gasteiger partial charge in [0.15, 0.2) is 0 Å². The average molecular weight is 357 g/mol. The summed E-state index contributed by atoms with van der Waals surface area (Å²) in [5, 5.41) is 8.03. The van der Waals surface area contributed by atoms with Gasteiger partial charge >= 0.3 is 0 Å². The zero-order valence-electron chi connectivity index (χ0n) is 12.5. The highest BCUT2D eigenvalue weighted by molar-refractivity contribution is 7.89. The van der Waals surface area contributed by atoms with E-state index < -0.39 is 15.8 Å². The highest BCUT2D eigenvalue weighted by Crippen LogP contribution is 2.26. The molecule has 0 N–H and O–H groups in total. The van der Waals surface area contributed by atoms with Gasteiger partial charge in [-0.15, -0.1) is 10.2 Å². The summed E-state index contributed by atoms with van der Waals surface area (Å²) in [6.07, 6.45) is 1.10. The van der Waals surface area contributed by atoms with Crippen molar-refractivity contribution in [2.75, 3.05) is 13.1 Å². The second-order valence-corrected chi connectivity index (χ2v) is 8.04. The van der Waals surface area contributed by atoms with Crippen LogP contribution in [0.4, 0.5) is 4.39 Å². The van der Waals surface area contributed by atoms with Crippen molar-refractivity contribution >= 4 is 21.4 Å². The number of piperidine rings is 1. The molecule has 1 aromatic carbocycles. The van der Waals surface area contributed by atoms with Crippen LogP contribution in [-0.2, 0) is 10.0 Å². The van der Waals surface area contributed by atoms with Crippen LogP contribution < -0.4 is 4.74 Å². The lowest BCUT2D eigenvalue weighted by atomic mass is 10.1. The Morgan fingerprint density at radius 1 is 1.35 bits per heavy atom. The number of benzene rings is 1. The van der Waals surface area contributed by atoms with Gasteiger partial charge in [-0.3, -0.25) is 0 Å². The van der Waals surface area contributed by atoms with E-state index in [-0.39, 0.29) is 11.0 Å². The maximum Gasteiger partial charge on any atom is 0.294 e. The molecule has 2 aromatic rings. The van der Waals surface area contributed by atoms with Gasteiger partial charge in [0.25, 0.3) is 5.19 Å². The molecular formula is C14H16FN3O3S2. The number of rotatable bonds is 4. The van der Waals surface area contributed by atoms with Gasteiger partial charge in [0.1, 0.15) is 17.4 Å². The highest BCUT2D eigenvalue weighted by Gasteiger charge is 2.31. The molecule has 0 amide bonds. The number of nitrogens with zero attached hydrogens (tertiary/aromatic N) is 3. The summed E-state index contributed by atoms with van der Waals surface area (Å²) in [4.78, 5) is 0.155. The molecule has 0 unspecified atom stereocenters. The first-order chi connectivity index (χ1) is 11.0. The maximum atomic E-state index is 13.2. The first-order valence-corrected chi connectivity index (χ1v) is 9.48. The number of aryl methyl sites for hydroxylation is 1. The van der Waals surface area contributed by atoms with Crippen molar-refractivity contribution in [1.29, 1.82) is 0 Å². The van der Waals surface area contributed by atoms with Gasteiger partial charge in [-0.1, -0.05) is 11.3 Å². The minimum absolute atomic E-state index is 0.0660. The third-order valence-electron chi connectivity index (χ3n) is 3.76. The largest absolute Gasteiger partial charge is 0.466 e. The van der Waals surface area contributed by atoms with Crippen LogP contribution in [0.25, 0.3) is 0 Å². The molecular weight excluding hydrogens is 341 g/mol. The molecule has 6 nitrogen and oxygen atoms in total. The summed E-state index contributed by atoms with van der Waals surface area (Å²) in [6, 6.07) is 3.73. The lowest BCUT2D eigenvalue weighted by Crippen LogP contribution is -2.41. The molecule has 1 aliphatic rings. The van der Waals surface area contributed by atoms with E-state index >= 15 is 0 Å². The van der Waals surface area contributed by atoms with E-state index in [1.807, 2.05) is 0 Å². The quantitative estimate of drug-likeness (QED) is 0.839. The summed E-state index contributed by atoms with van der Waals surface area (Å²) in [7, 11) is -3.61. The van der Waals surface area contributed by atoms with Crippen molar-refractivity contribution in [1.82, 2.24) is 14.5 Å². The zero-order chi connectivity index (χ0) is 16.4. The van der Waals surface area contributed by atoms with Crippen LogP contribution in [0, 0.1) is 12.7 Å². The van der Waals surface area contributed by atoms with Crippen LogP contribution in [0.3, 0.4) is 0 Å². The monoisotopic (exact) mass is 357 g/mol. The van der Waals surface area contributed by atoms with Crippen molar-refractivity contribution in [2.24, 2.45) is 0 Å². The van der Waals surface area contributed by atoms with Gasteiger partial charge in [0.2, 0.25) is 10.0 Å². The predicted molar refractivity (Wildman–Crippen MR) is 83.5 cm³/mol. The van der Waals surface area contributed by atoms with Gasteiger partial charge in [-0.05, 0) is 43.5 Å². The van der Waals surface area contributed by atoms with E-state index in [0.29, 0.717) is 36.7 Å². The van der Waals surface area contributed by atoms with Crippen molar-refractivity contribution in [3.05, 3.63) is 35.1 Å². The molecule has 23 heavy (non-hydrogen) atoms. The summed E-state index contributed by atoms with van der Waals surface area (Å²) < 4.78 is 45.6. The van der Waals surface area contributed by atoms with Crippen LogP contribution >= 0.6 is 11.3 Å². The lowest BCUT2D eigenvalue weighted by molar-refractivity contribution is 0.134. The number of hydrogen-bond donors (Lipinski definition) is 0. The van der Waals surface area contributed by atoms with Crippen molar-refractivity contribution in [3.63, 3.8) is 0 Å². The molecule has 1 aromatic heterocycles. The van der Waals surface area contributed by atoms with Gasteiger partial charge in [0.05, 0.1) is 4.90 Å². The van der Waals surface area contributed by atoms with E-state index in [4.69, 9.17) is 4.74 Å². The van der Waals surface area contributed by atoms with E-state index in [0.717, 1.165) is 0 Å². The Labute approximate surface area is 138 Å². The van der Waals surface area contributed by atoms with E-state index in [9.17, 15) is 12.8 Å². The van der Waals surface area contributed by atoms with Crippen LogP contribution in [0.2, 0.25) is 0 Å². The molecule has 124 valence electrons. The molecule has 0 atom stereocenters. The van der Waals surface area contributed by atoms with Crippen molar-refractivity contribution in [2.45, 2.75) is 30.8 Å². The molecule has 2 heterocycles. The fourth-order valence-electron chi connectivity index (χ4n) is 2.59. The normalized spacial score (nSPS) is 17.3. The fraction of sp³-hybridized carbons (Fsp3) is 0.429. The summed E-state index contributed by atoms with van der Waals surface area (Å²) >= 11 is 1.31. The molecule has 0 saturated carbocycles. The number of hydrogen-bond acceptors (Lipinski definition) is 6. The van der Waals surface area contributed by atoms with Crippen LogP contribution in [-0.4, -0.2) is 42.1 Å². The molecule has 0 radical (unpaired) electrons. The number of aromatic nitrogens is 2. The van der Waals surface area contributed by atoms with Gasteiger partial charge in [-0.2, -0.15) is 4.31 Å². The summed E-state index contributed by atoms with van der Waals surface area (Å²) in [5.41, 5.74) is 2.00. The third-order valence-corrected chi connectivity index (χ3v) is 6.40. The van der Waals surface area contributed by atoms with E-state index in [2.05, 4.69) is 10.2 Å². The first kappa shape index (κ1) is 16.3. The number of sulfonamides is 1. The average Bonchev–Trinajstić information content (AvgIpc) is 3.00. The van der Waals surface area contributed by atoms with Crippen molar-refractivity contribution in [3.8, 4) is 5.19 Å². The molecule has 1 saturated heterocycles. The molecule has 0 bridgehead atoms. The molecule has 1 aliphatic heterocycles. The van der Waals surface area contributed by atoms with Crippen molar-refractivity contribution < 1.29 is 17.5 Å². The second kappa shape index (κ2) is 6.50. The van der Waals surface area contributed by atoms with Gasteiger partial charge < -0.3 is 4.74 Å². The predicted octanol–water partition coefficient (Wildman–Crippen LogP) is 2.22. The molecule has 3 rings (SSSR count).